The fraction of sp³-hybridized carbons (Fsp3) is 0.906. The first-order valence-corrected chi connectivity index (χ1v) is 29.1. The van der Waals surface area contributed by atoms with E-state index in [0.29, 0.717) is 19.3 Å². The van der Waals surface area contributed by atoms with Crippen LogP contribution in [0.4, 0.5) is 0 Å². The summed E-state index contributed by atoms with van der Waals surface area (Å²) in [5.41, 5.74) is -0.463. The summed E-state index contributed by atoms with van der Waals surface area (Å²) in [5, 5.41) is 111. The van der Waals surface area contributed by atoms with Gasteiger partial charge in [-0.1, -0.05) is 44.1 Å². The smallest absolute Gasteiger partial charge is 0.397 e. The van der Waals surface area contributed by atoms with Gasteiger partial charge in [0.1, 0.15) is 96.5 Å². The van der Waals surface area contributed by atoms with Gasteiger partial charge in [0.05, 0.1) is 38.1 Å². The Morgan fingerprint density at radius 2 is 1.30 bits per heavy atom. The SMILES string of the molecule is CO[C@@H]1[C@@H](O)[C@H](O[C@@H]2[C@@H](O)[C@H](O[C@H]3[C@H](O)[C@@H](O)[C@H](O[C@H]4[C@H](O[C@H]5CC[C@]6(C)C7=C[C@H](O)[C@]89C(=O)O[C@@](C)(CCC=C(C)C)C8CCC9C7CCC6C5(C)C)OC[C@@H](OS(=O)(=O)O)[C@@H]4O)O[C@@H]3C)O[C@H](CO)[C@H]2O)O[C@H](CO)[C@H]1O. The van der Waals surface area contributed by atoms with Crippen LogP contribution in [0.5, 0.6) is 0 Å². The Bertz CT molecular complexity index is 2340. The summed E-state index contributed by atoms with van der Waals surface area (Å²) in [6, 6.07) is 0. The Balaban J connectivity index is 0.898. The second kappa shape index (κ2) is 23.1. The van der Waals surface area contributed by atoms with Gasteiger partial charge in [0.2, 0.25) is 0 Å². The van der Waals surface area contributed by atoms with Crippen LogP contribution in [0.2, 0.25) is 0 Å². The van der Waals surface area contributed by atoms with Gasteiger partial charge in [-0.05, 0) is 108 Å². The first-order chi connectivity index (χ1) is 37.1. The van der Waals surface area contributed by atoms with E-state index in [1.165, 1.54) is 19.6 Å². The molecule has 5 heterocycles. The molecule has 0 amide bonds. The molecule has 1 spiro atoms. The summed E-state index contributed by atoms with van der Waals surface area (Å²) < 4.78 is 97.9. The second-order valence-electron chi connectivity index (χ2n) is 24.8. The largest absolute Gasteiger partial charge is 0.459 e. The van der Waals surface area contributed by atoms with Gasteiger partial charge in [-0.2, -0.15) is 8.42 Å². The number of ether oxygens (including phenoxy) is 10. The molecule has 0 bridgehead atoms. The summed E-state index contributed by atoms with van der Waals surface area (Å²) in [4.78, 5) is 14.2. The van der Waals surface area contributed by atoms with Gasteiger partial charge in [0.15, 0.2) is 25.2 Å². The molecule has 28 atom stereocenters. The maximum atomic E-state index is 14.2. The van der Waals surface area contributed by atoms with E-state index in [1.54, 1.807) is 0 Å². The number of methoxy groups -OCH3 is 1. The maximum Gasteiger partial charge on any atom is 0.397 e. The van der Waals surface area contributed by atoms with Gasteiger partial charge in [-0.3, -0.25) is 9.35 Å². The highest BCUT2D eigenvalue weighted by atomic mass is 32.3. The molecular formula is C53H84O25S. The molecule has 4 aliphatic carbocycles. The van der Waals surface area contributed by atoms with Crippen molar-refractivity contribution >= 4 is 16.4 Å². The fourth-order valence-corrected chi connectivity index (χ4v) is 16.2. The number of hydrogen-bond donors (Lipinski definition) is 11. The fourth-order valence-electron chi connectivity index (χ4n) is 15.7. The lowest BCUT2D eigenvalue weighted by molar-refractivity contribution is -0.389. The quantitative estimate of drug-likeness (QED) is 0.0383. The Labute approximate surface area is 459 Å². The van der Waals surface area contributed by atoms with Gasteiger partial charge in [0, 0.05) is 13.0 Å². The number of aliphatic hydroxyl groups excluding tert-OH is 10. The third-order valence-corrected chi connectivity index (χ3v) is 20.1. The molecule has 26 heteroatoms. The minimum atomic E-state index is -5.17. The third kappa shape index (κ3) is 10.9. The summed E-state index contributed by atoms with van der Waals surface area (Å²) in [5.74, 6) is -0.520. The lowest BCUT2D eigenvalue weighted by Gasteiger charge is -2.62. The normalized spacial score (nSPS) is 50.6. The van der Waals surface area contributed by atoms with Gasteiger partial charge in [-0.15, -0.1) is 0 Å². The van der Waals surface area contributed by atoms with E-state index in [2.05, 4.69) is 26.8 Å². The number of hydrogen-bond acceptors (Lipinski definition) is 24. The van der Waals surface area contributed by atoms with Crippen molar-refractivity contribution in [3.8, 4) is 0 Å². The summed E-state index contributed by atoms with van der Waals surface area (Å²) >= 11 is 0. The van der Waals surface area contributed by atoms with Crippen molar-refractivity contribution in [1.29, 1.82) is 0 Å². The van der Waals surface area contributed by atoms with Crippen molar-refractivity contribution in [3.05, 3.63) is 23.3 Å². The molecule has 4 unspecified atom stereocenters. The van der Waals surface area contributed by atoms with E-state index in [-0.39, 0.29) is 29.6 Å². The molecule has 11 N–H and O–H groups in total. The Morgan fingerprint density at radius 1 is 0.709 bits per heavy atom. The van der Waals surface area contributed by atoms with Crippen LogP contribution in [0.15, 0.2) is 23.3 Å². The molecule has 0 radical (unpaired) electrons. The average Bonchev–Trinajstić information content (AvgIpc) is 2.78. The number of carbonyl (C=O) groups excluding carboxylic acids is 1. The van der Waals surface area contributed by atoms with Crippen LogP contribution in [0.25, 0.3) is 0 Å². The Morgan fingerprint density at radius 3 is 1.92 bits per heavy atom. The molecule has 0 aromatic rings. The number of esters is 1. The predicted octanol–water partition coefficient (Wildman–Crippen LogP) is -0.980. The van der Waals surface area contributed by atoms with Crippen LogP contribution in [0.1, 0.15) is 99.8 Å². The topological polar surface area (TPSA) is 375 Å². The number of carbonyl (C=O) groups is 1. The maximum absolute atomic E-state index is 14.2. The lowest BCUT2D eigenvalue weighted by atomic mass is 9.43. The van der Waals surface area contributed by atoms with Gasteiger partial charge >= 0.3 is 16.4 Å². The minimum Gasteiger partial charge on any atom is -0.459 e. The van der Waals surface area contributed by atoms with Crippen LogP contribution >= 0.6 is 0 Å². The van der Waals surface area contributed by atoms with Crippen LogP contribution in [-0.4, -0.2) is 231 Å². The highest BCUT2D eigenvalue weighted by Crippen LogP contribution is 2.71. The number of cyclic esters (lactones) is 1. The first kappa shape index (κ1) is 61.6. The molecule has 452 valence electrons. The van der Waals surface area contributed by atoms with Crippen molar-refractivity contribution in [1.82, 2.24) is 0 Å². The lowest BCUT2D eigenvalue weighted by Crippen LogP contribution is -2.67. The van der Waals surface area contributed by atoms with Gasteiger partial charge in [-0.25, -0.2) is 4.18 Å². The summed E-state index contributed by atoms with van der Waals surface area (Å²) in [7, 11) is -3.98. The van der Waals surface area contributed by atoms with Gasteiger partial charge in [0.25, 0.3) is 0 Å². The average molecular weight is 1150 g/mol. The van der Waals surface area contributed by atoms with Crippen molar-refractivity contribution in [2.45, 2.75) is 234 Å². The van der Waals surface area contributed by atoms with Crippen LogP contribution in [-0.2, 0) is 66.7 Å². The van der Waals surface area contributed by atoms with Crippen molar-refractivity contribution in [3.63, 3.8) is 0 Å². The zero-order valence-corrected chi connectivity index (χ0v) is 46.7. The number of aliphatic hydroxyl groups is 10. The molecule has 9 aliphatic rings. The zero-order valence-electron chi connectivity index (χ0n) is 45.9. The molecular weight excluding hydrogens is 1070 g/mol. The third-order valence-electron chi connectivity index (χ3n) is 19.6. The van der Waals surface area contributed by atoms with Crippen molar-refractivity contribution in [2.24, 2.45) is 39.9 Å². The van der Waals surface area contributed by atoms with Crippen molar-refractivity contribution in [2.75, 3.05) is 26.9 Å². The molecule has 79 heavy (non-hydrogen) atoms. The standard InChI is InChI=1S/C53H84O25S/c1-22(2)10-9-16-52(7)31-14-12-25-24-11-13-30-50(4,5)33(15-17-51(30,6)26(24)18-32(56)53(25,31)49(64)77-52)73-48-44(36(59)29(21-69-48)78-79(65,66)67)76-45-38(61)37(60)41(23(3)70-45)74-47-40(63)43(35(58)28(20-55)72-47)75-46-39(62)42(68-8)34(57)27(19-54)71-46/h10,18,23-25,27-48,54-63H,9,11-17,19-21H2,1-8H3,(H,65,66,67)/t23-,24?,25?,27-,28-,29-,30?,31?,32+,33+,34-,35-,36+,37-,38-,39-,40-,41-,42+,43+,44-,45+,46+,47+,48+,51-,52+,53-/m1/s1. The molecule has 9 rings (SSSR count). The molecule has 5 aliphatic heterocycles. The summed E-state index contributed by atoms with van der Waals surface area (Å²) in [6.07, 6.45) is -23.9. The highest BCUT2D eigenvalue weighted by molar-refractivity contribution is 7.80. The van der Waals surface area contributed by atoms with E-state index in [4.69, 9.17) is 51.6 Å². The van der Waals surface area contributed by atoms with E-state index in [9.17, 15) is 68.8 Å². The second-order valence-corrected chi connectivity index (χ2v) is 25.8. The van der Waals surface area contributed by atoms with E-state index < -0.39 is 181 Å². The first-order valence-electron chi connectivity index (χ1n) is 27.7. The molecule has 3 saturated carbocycles. The molecule has 25 nitrogen and oxygen atoms in total. The molecule has 0 aromatic heterocycles. The number of rotatable bonds is 16. The molecule has 5 saturated heterocycles. The minimum absolute atomic E-state index is 0.0308. The van der Waals surface area contributed by atoms with Crippen LogP contribution in [0, 0.1) is 39.9 Å². The number of allylic oxidation sites excluding steroid dienone is 3. The van der Waals surface area contributed by atoms with E-state index in [0.717, 1.165) is 37.7 Å². The molecule has 8 fully saturated rings. The summed E-state index contributed by atoms with van der Waals surface area (Å²) in [6.45, 7) is 11.7. The predicted molar refractivity (Wildman–Crippen MR) is 268 cm³/mol. The Kier molecular flexibility index (Phi) is 18.1. The monoisotopic (exact) mass is 1150 g/mol. The van der Waals surface area contributed by atoms with Crippen LogP contribution in [0.3, 0.4) is 0 Å². The van der Waals surface area contributed by atoms with E-state index in [1.807, 2.05) is 26.8 Å². The van der Waals surface area contributed by atoms with Gasteiger partial charge < -0.3 is 98.4 Å². The Hall–Kier alpha value is -1.94. The molecule has 0 aromatic carbocycles. The number of fused-ring (bicyclic) bond motifs is 4. The van der Waals surface area contributed by atoms with E-state index >= 15 is 0 Å². The highest BCUT2D eigenvalue weighted by Gasteiger charge is 2.74. The van der Waals surface area contributed by atoms with Crippen LogP contribution < -0.4 is 0 Å². The zero-order chi connectivity index (χ0) is 57.6. The van der Waals surface area contributed by atoms with Crippen molar-refractivity contribution < 1.29 is 120 Å².